The second-order valence-electron chi connectivity index (χ2n) is 7.80. The topological polar surface area (TPSA) is 53.8 Å². The molecule has 0 aromatic carbocycles. The molecule has 0 N–H and O–H groups in total. The molecule has 1 aliphatic carbocycles. The molecular formula is C20H28N2O3S. The summed E-state index contributed by atoms with van der Waals surface area (Å²) in [5.74, 6) is 2.44. The maximum atomic E-state index is 12.8. The largest absolute Gasteiger partial charge is 0.459 e. The molecule has 3 fully saturated rings. The zero-order valence-electron chi connectivity index (χ0n) is 15.3. The molecule has 142 valence electrons. The van der Waals surface area contributed by atoms with Crippen molar-refractivity contribution in [2.45, 2.75) is 56.2 Å². The fourth-order valence-corrected chi connectivity index (χ4v) is 6.19. The summed E-state index contributed by atoms with van der Waals surface area (Å²) in [7, 11) is 0. The van der Waals surface area contributed by atoms with Gasteiger partial charge in [-0.15, -0.1) is 11.8 Å². The van der Waals surface area contributed by atoms with Crippen LogP contribution in [0.2, 0.25) is 0 Å². The summed E-state index contributed by atoms with van der Waals surface area (Å²) in [6.07, 6.45) is 10.3. The van der Waals surface area contributed by atoms with Gasteiger partial charge < -0.3 is 14.2 Å². The van der Waals surface area contributed by atoms with Crippen LogP contribution in [-0.4, -0.2) is 51.9 Å². The van der Waals surface area contributed by atoms with Crippen LogP contribution in [0.1, 0.15) is 61.9 Å². The quantitative estimate of drug-likeness (QED) is 0.803. The minimum absolute atomic E-state index is 0.0130. The number of amides is 2. The molecule has 0 bridgehead atoms. The molecule has 3 heterocycles. The van der Waals surface area contributed by atoms with Crippen molar-refractivity contribution in [3.05, 3.63) is 24.2 Å². The van der Waals surface area contributed by atoms with Crippen LogP contribution in [0.15, 0.2) is 22.8 Å². The average Bonchev–Trinajstić information content (AvgIpc) is 3.42. The van der Waals surface area contributed by atoms with E-state index in [9.17, 15) is 9.59 Å². The Kier molecular flexibility index (Phi) is 5.30. The highest BCUT2D eigenvalue weighted by Gasteiger charge is 2.47. The lowest BCUT2D eigenvalue weighted by molar-refractivity contribution is -0.133. The normalized spacial score (nSPS) is 23.1. The molecule has 5 nitrogen and oxygen atoms in total. The number of carbonyl (C=O) groups excluding carboxylic acids is 2. The zero-order chi connectivity index (χ0) is 18.0. The van der Waals surface area contributed by atoms with Crippen LogP contribution >= 0.6 is 11.8 Å². The lowest BCUT2D eigenvalue weighted by atomic mass is 9.99. The molecule has 2 aliphatic heterocycles. The third-order valence-corrected chi connectivity index (χ3v) is 7.85. The monoisotopic (exact) mass is 376 g/mol. The summed E-state index contributed by atoms with van der Waals surface area (Å²) in [5, 5.41) is 0. The van der Waals surface area contributed by atoms with Crippen molar-refractivity contribution in [3.63, 3.8) is 0 Å². The van der Waals surface area contributed by atoms with Crippen LogP contribution in [-0.2, 0) is 4.79 Å². The van der Waals surface area contributed by atoms with Crippen molar-refractivity contribution >= 4 is 23.6 Å². The molecule has 2 amide bonds. The molecule has 1 spiro atoms. The maximum Gasteiger partial charge on any atom is 0.290 e. The van der Waals surface area contributed by atoms with E-state index in [2.05, 4.69) is 0 Å². The molecule has 4 rings (SSSR count). The zero-order valence-corrected chi connectivity index (χ0v) is 16.1. The Labute approximate surface area is 159 Å². The minimum Gasteiger partial charge on any atom is -0.459 e. The van der Waals surface area contributed by atoms with E-state index >= 15 is 0 Å². The molecule has 2 saturated heterocycles. The van der Waals surface area contributed by atoms with Crippen LogP contribution < -0.4 is 0 Å². The Morgan fingerprint density at radius 1 is 1.19 bits per heavy atom. The van der Waals surface area contributed by atoms with Crippen LogP contribution in [0.5, 0.6) is 0 Å². The molecule has 26 heavy (non-hydrogen) atoms. The minimum atomic E-state index is -0.161. The van der Waals surface area contributed by atoms with Crippen molar-refractivity contribution in [3.8, 4) is 0 Å². The van der Waals surface area contributed by atoms with Gasteiger partial charge in [0.25, 0.3) is 5.91 Å². The van der Waals surface area contributed by atoms with Gasteiger partial charge in [0.1, 0.15) is 0 Å². The highest BCUT2D eigenvalue weighted by atomic mass is 32.2. The molecule has 1 saturated carbocycles. The Morgan fingerprint density at radius 2 is 1.96 bits per heavy atom. The number of hydrogen-bond donors (Lipinski definition) is 0. The van der Waals surface area contributed by atoms with E-state index in [4.69, 9.17) is 4.42 Å². The number of likely N-dealkylation sites (tertiary alicyclic amines) is 1. The van der Waals surface area contributed by atoms with Crippen molar-refractivity contribution in [2.75, 3.05) is 25.4 Å². The SMILES string of the molecule is O=C(CCC1CCCC1)N1CCC2(CC1)SCCN2C(=O)c1ccco1. The first-order chi connectivity index (χ1) is 12.7. The van der Waals surface area contributed by atoms with Gasteiger partial charge in [-0.25, -0.2) is 0 Å². The number of thioether (sulfide) groups is 1. The number of hydrogen-bond acceptors (Lipinski definition) is 4. The van der Waals surface area contributed by atoms with Gasteiger partial charge in [-0.05, 0) is 37.3 Å². The van der Waals surface area contributed by atoms with E-state index in [0.717, 1.165) is 50.6 Å². The van der Waals surface area contributed by atoms with E-state index in [1.54, 1.807) is 18.4 Å². The summed E-state index contributed by atoms with van der Waals surface area (Å²) >= 11 is 1.87. The molecule has 0 radical (unpaired) electrons. The molecule has 3 aliphatic rings. The molecule has 0 unspecified atom stereocenters. The Hall–Kier alpha value is -1.43. The number of piperidine rings is 1. The fraction of sp³-hybridized carbons (Fsp3) is 0.700. The number of furan rings is 1. The predicted octanol–water partition coefficient (Wildman–Crippen LogP) is 3.76. The van der Waals surface area contributed by atoms with Crippen molar-refractivity contribution in [2.24, 2.45) is 5.92 Å². The van der Waals surface area contributed by atoms with Crippen LogP contribution in [0.4, 0.5) is 0 Å². The fourth-order valence-electron chi connectivity index (χ4n) is 4.73. The predicted molar refractivity (Wildman–Crippen MR) is 102 cm³/mol. The third-order valence-electron chi connectivity index (χ3n) is 6.29. The Morgan fingerprint density at radius 3 is 2.65 bits per heavy atom. The van der Waals surface area contributed by atoms with Gasteiger partial charge >= 0.3 is 0 Å². The summed E-state index contributed by atoms with van der Waals surface area (Å²) in [5.41, 5.74) is 0. The van der Waals surface area contributed by atoms with E-state index in [0.29, 0.717) is 18.1 Å². The van der Waals surface area contributed by atoms with E-state index in [-0.39, 0.29) is 10.8 Å². The second kappa shape index (κ2) is 7.67. The average molecular weight is 377 g/mol. The summed E-state index contributed by atoms with van der Waals surface area (Å²) in [6, 6.07) is 3.50. The smallest absolute Gasteiger partial charge is 0.290 e. The van der Waals surface area contributed by atoms with Gasteiger partial charge in [-0.1, -0.05) is 25.7 Å². The first-order valence-electron chi connectivity index (χ1n) is 9.95. The van der Waals surface area contributed by atoms with E-state index in [1.807, 2.05) is 21.6 Å². The highest BCUT2D eigenvalue weighted by molar-refractivity contribution is 8.00. The van der Waals surface area contributed by atoms with E-state index < -0.39 is 0 Å². The number of rotatable bonds is 4. The first kappa shape index (κ1) is 18.0. The standard InChI is InChI=1S/C20H28N2O3S/c23-18(8-7-16-4-1-2-5-16)21-11-9-20(10-12-21)22(13-15-26-20)19(24)17-6-3-14-25-17/h3,6,14,16H,1-2,4-5,7-13,15H2. The number of nitrogens with zero attached hydrogens (tertiary/aromatic N) is 2. The van der Waals surface area contributed by atoms with Crippen molar-refractivity contribution in [1.82, 2.24) is 9.80 Å². The molecule has 0 atom stereocenters. The molecule has 6 heteroatoms. The van der Waals surface area contributed by atoms with Crippen LogP contribution in [0, 0.1) is 5.92 Å². The second-order valence-corrected chi connectivity index (χ2v) is 9.26. The summed E-state index contributed by atoms with van der Waals surface area (Å²) < 4.78 is 5.32. The van der Waals surface area contributed by atoms with Crippen molar-refractivity contribution in [1.29, 1.82) is 0 Å². The molecular weight excluding hydrogens is 348 g/mol. The highest BCUT2D eigenvalue weighted by Crippen LogP contribution is 2.44. The number of carbonyl (C=O) groups is 2. The Bertz CT molecular complexity index is 631. The van der Waals surface area contributed by atoms with Gasteiger partial charge in [-0.3, -0.25) is 9.59 Å². The lowest BCUT2D eigenvalue weighted by Crippen LogP contribution is -2.53. The van der Waals surface area contributed by atoms with Gasteiger partial charge in [-0.2, -0.15) is 0 Å². The molecule has 1 aromatic heterocycles. The molecule has 1 aromatic rings. The summed E-state index contributed by atoms with van der Waals surface area (Å²) in [4.78, 5) is 29.2. The van der Waals surface area contributed by atoms with Crippen molar-refractivity contribution < 1.29 is 14.0 Å². The Balaban J connectivity index is 1.33. The maximum absolute atomic E-state index is 12.8. The van der Waals surface area contributed by atoms with Gasteiger partial charge in [0, 0.05) is 31.8 Å². The summed E-state index contributed by atoms with van der Waals surface area (Å²) in [6.45, 7) is 2.29. The third kappa shape index (κ3) is 3.53. The van der Waals surface area contributed by atoms with Crippen LogP contribution in [0.3, 0.4) is 0 Å². The van der Waals surface area contributed by atoms with Gasteiger partial charge in [0.2, 0.25) is 5.91 Å². The lowest BCUT2D eigenvalue weighted by Gasteiger charge is -2.43. The van der Waals surface area contributed by atoms with Gasteiger partial charge in [0.05, 0.1) is 11.1 Å². The van der Waals surface area contributed by atoms with Gasteiger partial charge in [0.15, 0.2) is 5.76 Å². The van der Waals surface area contributed by atoms with Crippen LogP contribution in [0.25, 0.3) is 0 Å². The first-order valence-corrected chi connectivity index (χ1v) is 10.9. The van der Waals surface area contributed by atoms with E-state index in [1.165, 1.54) is 25.7 Å².